The Labute approximate surface area is 196 Å². The number of amides is 2. The molecule has 1 atom stereocenters. The van der Waals surface area contributed by atoms with Gasteiger partial charge in [-0.1, -0.05) is 18.2 Å². The molecule has 0 N–H and O–H groups in total. The highest BCUT2D eigenvalue weighted by Gasteiger charge is 2.55. The van der Waals surface area contributed by atoms with Crippen molar-refractivity contribution in [2.24, 2.45) is 5.41 Å². The molecule has 2 aromatic rings. The third-order valence-electron chi connectivity index (χ3n) is 7.98. The molecule has 2 fully saturated rings. The fraction of sp³-hybridized carbons (Fsp3) is 0.519. The van der Waals surface area contributed by atoms with Crippen LogP contribution in [0.1, 0.15) is 49.4 Å². The largest absolute Gasteiger partial charge is 0.497 e. The minimum Gasteiger partial charge on any atom is -0.497 e. The smallest absolute Gasteiger partial charge is 0.320 e. The van der Waals surface area contributed by atoms with Crippen molar-refractivity contribution in [1.82, 2.24) is 14.7 Å². The van der Waals surface area contributed by atoms with Gasteiger partial charge in [0, 0.05) is 50.2 Å². The van der Waals surface area contributed by atoms with Gasteiger partial charge in [0.15, 0.2) is 0 Å². The van der Waals surface area contributed by atoms with E-state index >= 15 is 0 Å². The number of fused-ring (bicyclic) bond motifs is 1. The van der Waals surface area contributed by atoms with Crippen LogP contribution in [0.3, 0.4) is 0 Å². The molecule has 5 nitrogen and oxygen atoms in total. The van der Waals surface area contributed by atoms with Gasteiger partial charge in [-0.15, -0.1) is 0 Å². The normalized spacial score (nSPS) is 22.3. The van der Waals surface area contributed by atoms with Gasteiger partial charge in [0.25, 0.3) is 0 Å². The highest BCUT2D eigenvalue weighted by Crippen LogP contribution is 2.55. The number of rotatable bonds is 3. The number of ether oxygens (including phenoxy) is 1. The van der Waals surface area contributed by atoms with E-state index in [0.717, 1.165) is 51.2 Å². The van der Waals surface area contributed by atoms with Gasteiger partial charge in [0.1, 0.15) is 11.6 Å². The Kier molecular flexibility index (Phi) is 5.81. The van der Waals surface area contributed by atoms with E-state index < -0.39 is 0 Å². The van der Waals surface area contributed by atoms with E-state index in [1.807, 2.05) is 28.0 Å². The molecule has 2 saturated heterocycles. The van der Waals surface area contributed by atoms with Crippen LogP contribution in [-0.2, 0) is 13.0 Å². The number of carbonyl (C=O) groups is 1. The Morgan fingerprint density at radius 3 is 2.42 bits per heavy atom. The van der Waals surface area contributed by atoms with Gasteiger partial charge < -0.3 is 14.5 Å². The highest BCUT2D eigenvalue weighted by atomic mass is 19.1. The summed E-state index contributed by atoms with van der Waals surface area (Å²) in [5.74, 6) is 0.652. The van der Waals surface area contributed by atoms with Crippen molar-refractivity contribution in [3.05, 3.63) is 65.0 Å². The van der Waals surface area contributed by atoms with Crippen LogP contribution in [0.4, 0.5) is 9.18 Å². The second-order valence-corrected chi connectivity index (χ2v) is 10.2. The van der Waals surface area contributed by atoms with E-state index in [0.29, 0.717) is 18.6 Å². The molecule has 3 aliphatic rings. The van der Waals surface area contributed by atoms with Crippen molar-refractivity contribution in [2.75, 3.05) is 33.3 Å². The summed E-state index contributed by atoms with van der Waals surface area (Å²) in [6, 6.07) is 14.1. The van der Waals surface area contributed by atoms with Crippen molar-refractivity contribution in [3.63, 3.8) is 0 Å². The number of piperidine rings is 1. The molecule has 3 aliphatic heterocycles. The Balaban J connectivity index is 1.26. The van der Waals surface area contributed by atoms with Crippen molar-refractivity contribution in [3.8, 4) is 5.75 Å². The number of hydrogen-bond acceptors (Lipinski definition) is 3. The average molecular weight is 452 g/mol. The van der Waals surface area contributed by atoms with Crippen LogP contribution in [0.2, 0.25) is 0 Å². The van der Waals surface area contributed by atoms with Crippen LogP contribution in [-0.4, -0.2) is 60.1 Å². The maximum Gasteiger partial charge on any atom is 0.320 e. The molecule has 5 rings (SSSR count). The maximum absolute atomic E-state index is 13.5. The lowest BCUT2D eigenvalue weighted by molar-refractivity contribution is -0.124. The summed E-state index contributed by atoms with van der Waals surface area (Å²) in [7, 11) is 1.68. The van der Waals surface area contributed by atoms with Crippen LogP contribution < -0.4 is 4.74 Å². The Morgan fingerprint density at radius 2 is 1.76 bits per heavy atom. The second kappa shape index (κ2) is 8.64. The van der Waals surface area contributed by atoms with Crippen molar-refractivity contribution < 1.29 is 13.9 Å². The molecular formula is C27H34FN3O2. The van der Waals surface area contributed by atoms with Gasteiger partial charge >= 0.3 is 6.03 Å². The highest BCUT2D eigenvalue weighted by molar-refractivity contribution is 5.75. The summed E-state index contributed by atoms with van der Waals surface area (Å²) < 4.78 is 18.9. The number of halogens is 1. The topological polar surface area (TPSA) is 36.0 Å². The first-order chi connectivity index (χ1) is 15.9. The van der Waals surface area contributed by atoms with Crippen LogP contribution >= 0.6 is 0 Å². The summed E-state index contributed by atoms with van der Waals surface area (Å²) in [5.41, 5.74) is 3.85. The predicted molar refractivity (Wildman–Crippen MR) is 127 cm³/mol. The van der Waals surface area contributed by atoms with E-state index in [9.17, 15) is 9.18 Å². The van der Waals surface area contributed by atoms with E-state index in [1.54, 1.807) is 19.2 Å². The first-order valence-corrected chi connectivity index (χ1v) is 12.1. The van der Waals surface area contributed by atoms with Crippen molar-refractivity contribution >= 4 is 6.03 Å². The molecule has 0 saturated carbocycles. The molecule has 6 heteroatoms. The van der Waals surface area contributed by atoms with Gasteiger partial charge in [-0.3, -0.25) is 4.90 Å². The van der Waals surface area contributed by atoms with Gasteiger partial charge in [-0.05, 0) is 74.1 Å². The molecule has 2 aromatic carbocycles. The van der Waals surface area contributed by atoms with Gasteiger partial charge in [-0.2, -0.15) is 0 Å². The van der Waals surface area contributed by atoms with Crippen molar-refractivity contribution in [2.45, 2.75) is 51.7 Å². The van der Waals surface area contributed by atoms with Crippen LogP contribution in [0.15, 0.2) is 42.5 Å². The summed E-state index contributed by atoms with van der Waals surface area (Å²) in [6.07, 6.45) is 2.86. The molecular weight excluding hydrogens is 417 g/mol. The van der Waals surface area contributed by atoms with Gasteiger partial charge in [-0.25, -0.2) is 9.18 Å². The van der Waals surface area contributed by atoms with E-state index in [1.165, 1.54) is 16.7 Å². The number of methoxy groups -OCH3 is 1. The number of nitrogens with zero attached hydrogens (tertiary/aromatic N) is 3. The number of likely N-dealkylation sites (tertiary alicyclic amines) is 2. The van der Waals surface area contributed by atoms with Crippen LogP contribution in [0.5, 0.6) is 5.75 Å². The third kappa shape index (κ3) is 3.99. The monoisotopic (exact) mass is 451 g/mol. The van der Waals surface area contributed by atoms with Crippen LogP contribution in [0, 0.1) is 11.2 Å². The van der Waals surface area contributed by atoms with Gasteiger partial charge in [0.2, 0.25) is 0 Å². The SMILES string of the molecule is COc1ccc2c(c1)CN(C(=O)N1CCC3(CC1)CN(C(C)C)C3c1ccc(F)cc1)CC2. The lowest BCUT2D eigenvalue weighted by Gasteiger charge is -2.62. The molecule has 1 spiro atoms. The minimum atomic E-state index is -0.190. The molecule has 0 radical (unpaired) electrons. The molecule has 33 heavy (non-hydrogen) atoms. The Hall–Kier alpha value is -2.60. The fourth-order valence-corrected chi connectivity index (χ4v) is 6.05. The zero-order chi connectivity index (χ0) is 23.2. The average Bonchev–Trinajstić information content (AvgIpc) is 2.83. The molecule has 0 aliphatic carbocycles. The minimum absolute atomic E-state index is 0.150. The second-order valence-electron chi connectivity index (χ2n) is 10.2. The molecule has 2 amide bonds. The zero-order valence-electron chi connectivity index (χ0n) is 19.9. The molecule has 0 aromatic heterocycles. The molecule has 1 unspecified atom stereocenters. The summed E-state index contributed by atoms with van der Waals surface area (Å²) in [5, 5.41) is 0. The Morgan fingerprint density at radius 1 is 1.03 bits per heavy atom. The summed E-state index contributed by atoms with van der Waals surface area (Å²) >= 11 is 0. The number of benzene rings is 2. The number of carbonyl (C=O) groups excluding carboxylic acids is 1. The summed E-state index contributed by atoms with van der Waals surface area (Å²) in [4.78, 5) is 19.9. The van der Waals surface area contributed by atoms with Crippen LogP contribution in [0.25, 0.3) is 0 Å². The third-order valence-corrected chi connectivity index (χ3v) is 7.98. The Bertz CT molecular complexity index is 1010. The number of hydrogen-bond donors (Lipinski definition) is 0. The molecule has 0 bridgehead atoms. The predicted octanol–water partition coefficient (Wildman–Crippen LogP) is 4.86. The quantitative estimate of drug-likeness (QED) is 0.669. The molecule has 176 valence electrons. The first-order valence-electron chi connectivity index (χ1n) is 12.1. The molecule has 3 heterocycles. The maximum atomic E-state index is 13.5. The standard InChI is InChI=1S/C27H34FN3O2/c1-19(2)31-18-27(25(31)21-4-7-23(28)8-5-21)11-14-29(15-12-27)26(32)30-13-10-20-6-9-24(33-3)16-22(20)17-30/h4-9,16,19,25H,10-15,17-18H2,1-3H3. The summed E-state index contributed by atoms with van der Waals surface area (Å²) in [6.45, 7) is 8.47. The number of urea groups is 1. The fourth-order valence-electron chi connectivity index (χ4n) is 6.05. The van der Waals surface area contributed by atoms with Crippen molar-refractivity contribution in [1.29, 1.82) is 0 Å². The first kappa shape index (κ1) is 22.2. The van der Waals surface area contributed by atoms with E-state index in [-0.39, 0.29) is 17.3 Å². The zero-order valence-corrected chi connectivity index (χ0v) is 19.9. The lowest BCUT2D eigenvalue weighted by atomic mass is 9.62. The van der Waals surface area contributed by atoms with E-state index in [4.69, 9.17) is 4.74 Å². The van der Waals surface area contributed by atoms with E-state index in [2.05, 4.69) is 30.9 Å². The lowest BCUT2D eigenvalue weighted by Crippen LogP contribution is -2.64. The van der Waals surface area contributed by atoms with Gasteiger partial charge in [0.05, 0.1) is 7.11 Å².